The highest BCUT2D eigenvalue weighted by atomic mass is 79.9. The van der Waals surface area contributed by atoms with Crippen LogP contribution in [-0.4, -0.2) is 9.93 Å². The number of hydrogen-bond donors (Lipinski definition) is 1. The zero-order valence-electron chi connectivity index (χ0n) is 6.30. The molecule has 0 aromatic heterocycles. The van der Waals surface area contributed by atoms with Crippen LogP contribution in [0, 0.1) is 0 Å². The maximum atomic E-state index is 9.67. The van der Waals surface area contributed by atoms with Crippen molar-refractivity contribution in [3.05, 3.63) is 34.3 Å². The predicted octanol–water partition coefficient (Wildman–Crippen LogP) is 2.69. The summed E-state index contributed by atoms with van der Waals surface area (Å²) in [5.41, 5.74) is 2.04. The molecule has 0 heterocycles. The fraction of sp³-hybridized carbons (Fsp3) is 0.333. The first-order valence-electron chi connectivity index (χ1n) is 3.79. The molecule has 12 heavy (non-hydrogen) atoms. The lowest BCUT2D eigenvalue weighted by Gasteiger charge is -2.06. The second kappa shape index (κ2) is 3.02. The number of benzene rings is 1. The van der Waals surface area contributed by atoms with Crippen LogP contribution in [0.5, 0.6) is 0 Å². The van der Waals surface area contributed by atoms with Crippen LogP contribution in [0.15, 0.2) is 18.2 Å². The third-order valence-corrected chi connectivity index (χ3v) is 3.39. The molecule has 1 nitrogen and oxygen atoms in total. The maximum absolute atomic E-state index is 9.67. The van der Waals surface area contributed by atoms with Crippen LogP contribution >= 0.6 is 27.5 Å². The van der Waals surface area contributed by atoms with E-state index in [1.54, 1.807) is 0 Å². The molecule has 1 N–H and O–H groups in total. The number of aliphatic hydroxyl groups excluding tert-OH is 1. The third-order valence-electron chi connectivity index (χ3n) is 2.22. The van der Waals surface area contributed by atoms with Gasteiger partial charge in [-0.1, -0.05) is 39.7 Å². The predicted molar refractivity (Wildman–Crippen MR) is 52.8 cm³/mol. The van der Waals surface area contributed by atoms with E-state index in [1.165, 1.54) is 0 Å². The monoisotopic (exact) mass is 246 g/mol. The Kier molecular flexibility index (Phi) is 2.15. The first kappa shape index (κ1) is 8.54. The second-order valence-electron chi connectivity index (χ2n) is 2.97. The second-order valence-corrected chi connectivity index (χ2v) is 4.56. The Morgan fingerprint density at radius 1 is 1.50 bits per heavy atom. The molecule has 2 rings (SSSR count). The highest BCUT2D eigenvalue weighted by molar-refractivity contribution is 9.09. The SMILES string of the molecule is O[C@H]1c2cccc(Cl)c2C[C@H]1Br. The Morgan fingerprint density at radius 3 is 2.92 bits per heavy atom. The van der Waals surface area contributed by atoms with E-state index in [4.69, 9.17) is 11.6 Å². The van der Waals surface area contributed by atoms with Crippen LogP contribution in [-0.2, 0) is 6.42 Å². The Morgan fingerprint density at radius 2 is 2.25 bits per heavy atom. The van der Waals surface area contributed by atoms with Gasteiger partial charge in [-0.05, 0) is 23.6 Å². The Balaban J connectivity index is 2.53. The zero-order valence-corrected chi connectivity index (χ0v) is 8.64. The van der Waals surface area contributed by atoms with Crippen molar-refractivity contribution in [2.24, 2.45) is 0 Å². The van der Waals surface area contributed by atoms with Crippen LogP contribution in [0.3, 0.4) is 0 Å². The van der Waals surface area contributed by atoms with E-state index < -0.39 is 6.10 Å². The molecule has 2 atom stereocenters. The molecule has 1 aliphatic rings. The minimum atomic E-state index is -0.404. The molecule has 0 amide bonds. The summed E-state index contributed by atoms with van der Waals surface area (Å²) in [5, 5.41) is 10.4. The molecular weight excluding hydrogens is 239 g/mol. The number of fused-ring (bicyclic) bond motifs is 1. The van der Waals surface area contributed by atoms with E-state index in [-0.39, 0.29) is 4.83 Å². The molecule has 1 aromatic rings. The van der Waals surface area contributed by atoms with Crippen LogP contribution in [0.25, 0.3) is 0 Å². The summed E-state index contributed by atoms with van der Waals surface area (Å²) >= 11 is 9.38. The molecule has 0 saturated carbocycles. The van der Waals surface area contributed by atoms with Crippen molar-refractivity contribution in [2.75, 3.05) is 0 Å². The Hall–Kier alpha value is -0.0500. The van der Waals surface area contributed by atoms with E-state index >= 15 is 0 Å². The van der Waals surface area contributed by atoms with Crippen LogP contribution < -0.4 is 0 Å². The molecule has 0 spiro atoms. The summed E-state index contributed by atoms with van der Waals surface area (Å²) in [4.78, 5) is 0.118. The van der Waals surface area contributed by atoms with E-state index in [0.29, 0.717) is 0 Å². The van der Waals surface area contributed by atoms with Gasteiger partial charge in [0.2, 0.25) is 0 Å². The van der Waals surface area contributed by atoms with Gasteiger partial charge in [-0.15, -0.1) is 0 Å². The van der Waals surface area contributed by atoms with Crippen molar-refractivity contribution in [1.82, 2.24) is 0 Å². The first-order chi connectivity index (χ1) is 5.70. The summed E-state index contributed by atoms with van der Waals surface area (Å²) < 4.78 is 0. The fourth-order valence-electron chi connectivity index (χ4n) is 1.57. The van der Waals surface area contributed by atoms with Gasteiger partial charge in [0.25, 0.3) is 0 Å². The minimum Gasteiger partial charge on any atom is -0.387 e. The van der Waals surface area contributed by atoms with Gasteiger partial charge in [0, 0.05) is 9.85 Å². The first-order valence-corrected chi connectivity index (χ1v) is 5.09. The van der Waals surface area contributed by atoms with Gasteiger partial charge in [0.1, 0.15) is 0 Å². The molecule has 0 saturated heterocycles. The molecule has 3 heteroatoms. The number of hydrogen-bond acceptors (Lipinski definition) is 1. The Labute approximate surface area is 84.5 Å². The van der Waals surface area contributed by atoms with E-state index in [2.05, 4.69) is 15.9 Å². The van der Waals surface area contributed by atoms with Gasteiger partial charge < -0.3 is 5.11 Å². The highest BCUT2D eigenvalue weighted by Crippen LogP contribution is 2.38. The topological polar surface area (TPSA) is 20.2 Å². The van der Waals surface area contributed by atoms with Gasteiger partial charge in [0.15, 0.2) is 0 Å². The maximum Gasteiger partial charge on any atom is 0.0921 e. The summed E-state index contributed by atoms with van der Waals surface area (Å²) in [6.45, 7) is 0. The van der Waals surface area contributed by atoms with Gasteiger partial charge in [-0.25, -0.2) is 0 Å². The number of aliphatic hydroxyl groups is 1. The van der Waals surface area contributed by atoms with Gasteiger partial charge in [-0.2, -0.15) is 0 Å². The largest absolute Gasteiger partial charge is 0.387 e. The van der Waals surface area contributed by atoms with Crippen molar-refractivity contribution in [3.63, 3.8) is 0 Å². The van der Waals surface area contributed by atoms with Crippen LogP contribution in [0.4, 0.5) is 0 Å². The standard InChI is InChI=1S/C9H8BrClO/c10-7-4-6-5(9(7)12)2-1-3-8(6)11/h1-3,7,9,12H,4H2/t7-,9+/m1/s1. The molecule has 0 unspecified atom stereocenters. The lowest BCUT2D eigenvalue weighted by atomic mass is 10.1. The fourth-order valence-corrected chi connectivity index (χ4v) is 2.44. The normalized spacial score (nSPS) is 27.2. The molecule has 0 radical (unpaired) electrons. The molecule has 64 valence electrons. The van der Waals surface area contributed by atoms with E-state index in [0.717, 1.165) is 22.6 Å². The quantitative estimate of drug-likeness (QED) is 0.699. The van der Waals surface area contributed by atoms with Gasteiger partial charge in [0.05, 0.1) is 6.10 Å². The van der Waals surface area contributed by atoms with Crippen LogP contribution in [0.1, 0.15) is 17.2 Å². The number of alkyl halides is 1. The van der Waals surface area contributed by atoms with Crippen molar-refractivity contribution >= 4 is 27.5 Å². The van der Waals surface area contributed by atoms with Crippen molar-refractivity contribution in [3.8, 4) is 0 Å². The number of halogens is 2. The van der Waals surface area contributed by atoms with E-state index in [1.807, 2.05) is 18.2 Å². The smallest absolute Gasteiger partial charge is 0.0921 e. The zero-order chi connectivity index (χ0) is 8.72. The van der Waals surface area contributed by atoms with Gasteiger partial charge in [-0.3, -0.25) is 0 Å². The summed E-state index contributed by atoms with van der Waals surface area (Å²) in [6.07, 6.45) is 0.412. The molecule has 0 aliphatic heterocycles. The highest BCUT2D eigenvalue weighted by Gasteiger charge is 2.29. The summed E-state index contributed by atoms with van der Waals surface area (Å²) in [6, 6.07) is 5.65. The average molecular weight is 248 g/mol. The van der Waals surface area contributed by atoms with Crippen LogP contribution in [0.2, 0.25) is 5.02 Å². The van der Waals surface area contributed by atoms with Crippen molar-refractivity contribution in [2.45, 2.75) is 17.4 Å². The summed E-state index contributed by atoms with van der Waals surface area (Å²) in [7, 11) is 0. The summed E-state index contributed by atoms with van der Waals surface area (Å²) in [5.74, 6) is 0. The van der Waals surface area contributed by atoms with Crippen molar-refractivity contribution in [1.29, 1.82) is 0 Å². The molecule has 1 aromatic carbocycles. The van der Waals surface area contributed by atoms with Crippen molar-refractivity contribution < 1.29 is 5.11 Å². The lowest BCUT2D eigenvalue weighted by molar-refractivity contribution is 0.187. The van der Waals surface area contributed by atoms with Gasteiger partial charge >= 0.3 is 0 Å². The third kappa shape index (κ3) is 1.18. The molecule has 0 bridgehead atoms. The average Bonchev–Trinajstić information content (AvgIpc) is 2.32. The lowest BCUT2D eigenvalue weighted by Crippen LogP contribution is -2.03. The molecule has 0 fully saturated rings. The number of rotatable bonds is 0. The molecular formula is C9H8BrClO. The minimum absolute atomic E-state index is 0.118. The molecule has 1 aliphatic carbocycles. The van der Waals surface area contributed by atoms with E-state index in [9.17, 15) is 5.11 Å². The Bertz CT molecular complexity index is 313.